The largest absolute Gasteiger partial charge is 0.468 e. The number of aromatic nitrogens is 1. The molecule has 0 N–H and O–H groups in total. The van der Waals surface area contributed by atoms with Crippen LogP contribution in [0.5, 0.6) is 0 Å². The summed E-state index contributed by atoms with van der Waals surface area (Å²) in [6.07, 6.45) is 1.88. The number of esters is 1. The number of sulfone groups is 1. The first-order valence-electron chi connectivity index (χ1n) is 10.4. The second-order valence-corrected chi connectivity index (χ2v) is 10.7. The maximum Gasteiger partial charge on any atom is 0.325 e. The van der Waals surface area contributed by atoms with E-state index in [1.807, 2.05) is 42.5 Å². The molecule has 34 heavy (non-hydrogen) atoms. The molecule has 0 aliphatic rings. The van der Waals surface area contributed by atoms with E-state index in [4.69, 9.17) is 4.74 Å². The van der Waals surface area contributed by atoms with Crippen molar-refractivity contribution in [3.05, 3.63) is 94.3 Å². The van der Waals surface area contributed by atoms with Gasteiger partial charge < -0.3 is 9.30 Å². The molecule has 0 saturated carbocycles. The highest BCUT2D eigenvalue weighted by Crippen LogP contribution is 2.22. The van der Waals surface area contributed by atoms with Crippen LogP contribution in [0, 0.1) is 0 Å². The van der Waals surface area contributed by atoms with Gasteiger partial charge in [0.1, 0.15) is 6.54 Å². The van der Waals surface area contributed by atoms with Gasteiger partial charge in [0.25, 0.3) is 5.91 Å². The number of carbonyl (C=O) groups is 2. The Bertz CT molecular complexity index is 1530. The molecule has 0 aliphatic carbocycles. The van der Waals surface area contributed by atoms with Crippen molar-refractivity contribution >= 4 is 43.3 Å². The summed E-state index contributed by atoms with van der Waals surface area (Å²) < 4.78 is 30.8. The molecule has 3 aromatic carbocycles. The molecule has 4 rings (SSSR count). The van der Waals surface area contributed by atoms with E-state index in [0.717, 1.165) is 29.6 Å². The Morgan fingerprint density at radius 3 is 2.29 bits per heavy atom. The van der Waals surface area contributed by atoms with E-state index in [2.05, 4.69) is 4.99 Å². The third kappa shape index (κ3) is 5.32. The third-order valence-corrected chi connectivity index (χ3v) is 7.40. The Morgan fingerprint density at radius 1 is 0.971 bits per heavy atom. The smallest absolute Gasteiger partial charge is 0.325 e. The van der Waals surface area contributed by atoms with Crippen molar-refractivity contribution < 1.29 is 22.7 Å². The van der Waals surface area contributed by atoms with Crippen LogP contribution in [0.4, 0.5) is 0 Å². The summed E-state index contributed by atoms with van der Waals surface area (Å²) in [6.45, 7) is -0.156. The van der Waals surface area contributed by atoms with E-state index in [1.165, 1.54) is 24.8 Å². The van der Waals surface area contributed by atoms with Crippen LogP contribution in [0.3, 0.4) is 0 Å². The van der Waals surface area contributed by atoms with Crippen LogP contribution in [0.1, 0.15) is 21.5 Å². The Balaban J connectivity index is 1.70. The second-order valence-electron chi connectivity index (χ2n) is 7.72. The van der Waals surface area contributed by atoms with Gasteiger partial charge in [-0.2, -0.15) is 4.99 Å². The molecule has 9 heteroatoms. The van der Waals surface area contributed by atoms with Crippen LogP contribution < -0.4 is 4.80 Å². The Hall–Kier alpha value is -3.56. The predicted octanol–water partition coefficient (Wildman–Crippen LogP) is 3.61. The topological polar surface area (TPSA) is 94.8 Å². The maximum atomic E-state index is 12.9. The zero-order valence-corrected chi connectivity index (χ0v) is 20.2. The number of hydrogen-bond acceptors (Lipinski definition) is 6. The van der Waals surface area contributed by atoms with Crippen molar-refractivity contribution in [3.8, 4) is 0 Å². The molecule has 1 aromatic heterocycles. The van der Waals surface area contributed by atoms with Gasteiger partial charge in [-0.1, -0.05) is 53.8 Å². The maximum absolute atomic E-state index is 12.9. The fraction of sp³-hybridized carbons (Fsp3) is 0.160. The molecule has 0 atom stereocenters. The second kappa shape index (κ2) is 9.74. The molecule has 0 bridgehead atoms. The zero-order valence-electron chi connectivity index (χ0n) is 18.6. The molecule has 1 heterocycles. The van der Waals surface area contributed by atoms with Crippen molar-refractivity contribution in [1.82, 2.24) is 4.57 Å². The first-order valence-corrected chi connectivity index (χ1v) is 13.1. The van der Waals surface area contributed by atoms with E-state index in [0.29, 0.717) is 15.8 Å². The molecule has 0 spiro atoms. The van der Waals surface area contributed by atoms with E-state index in [9.17, 15) is 18.0 Å². The molecule has 1 amide bonds. The Morgan fingerprint density at radius 2 is 1.65 bits per heavy atom. The van der Waals surface area contributed by atoms with Crippen LogP contribution in [-0.4, -0.2) is 38.2 Å². The van der Waals surface area contributed by atoms with Gasteiger partial charge in [0.15, 0.2) is 14.6 Å². The minimum absolute atomic E-state index is 0.151. The molecule has 174 valence electrons. The number of hydrogen-bond donors (Lipinski definition) is 0. The van der Waals surface area contributed by atoms with E-state index in [-0.39, 0.29) is 16.2 Å². The van der Waals surface area contributed by atoms with Crippen LogP contribution >= 0.6 is 11.3 Å². The lowest BCUT2D eigenvalue weighted by Crippen LogP contribution is -2.22. The first kappa shape index (κ1) is 23.6. The van der Waals surface area contributed by atoms with Gasteiger partial charge in [0, 0.05) is 11.8 Å². The van der Waals surface area contributed by atoms with Gasteiger partial charge in [0.2, 0.25) is 0 Å². The van der Waals surface area contributed by atoms with Crippen molar-refractivity contribution in [2.45, 2.75) is 17.9 Å². The average molecular weight is 495 g/mol. The predicted molar refractivity (Wildman–Crippen MR) is 131 cm³/mol. The highest BCUT2D eigenvalue weighted by Gasteiger charge is 2.15. The van der Waals surface area contributed by atoms with Crippen LogP contribution in [0.2, 0.25) is 0 Å². The van der Waals surface area contributed by atoms with Gasteiger partial charge in [-0.25, -0.2) is 8.42 Å². The number of carbonyl (C=O) groups excluding carboxylic acids is 2. The molecule has 0 saturated heterocycles. The summed E-state index contributed by atoms with van der Waals surface area (Å²) in [4.78, 5) is 29.6. The molecule has 0 fully saturated rings. The average Bonchev–Trinajstić information content (AvgIpc) is 3.15. The Labute approximate surface area is 200 Å². The molecule has 0 radical (unpaired) electrons. The van der Waals surface area contributed by atoms with E-state index in [1.54, 1.807) is 22.8 Å². The summed E-state index contributed by atoms with van der Waals surface area (Å²) in [5.41, 5.74) is 3.25. The number of ether oxygens (including phenoxy) is 1. The lowest BCUT2D eigenvalue weighted by atomic mass is 10.0. The quantitative estimate of drug-likeness (QED) is 0.382. The number of thiazole rings is 1. The highest BCUT2D eigenvalue weighted by molar-refractivity contribution is 7.90. The molecule has 7 nitrogen and oxygen atoms in total. The normalized spacial score (nSPS) is 12.1. The van der Waals surface area contributed by atoms with Crippen LogP contribution in [-0.2, 0) is 32.3 Å². The fourth-order valence-electron chi connectivity index (χ4n) is 3.46. The molecule has 4 aromatic rings. The number of amides is 1. The number of nitrogens with zero attached hydrogens (tertiary/aromatic N) is 2. The van der Waals surface area contributed by atoms with E-state index < -0.39 is 21.7 Å². The van der Waals surface area contributed by atoms with Gasteiger partial charge >= 0.3 is 5.97 Å². The van der Waals surface area contributed by atoms with Crippen molar-refractivity contribution in [3.63, 3.8) is 0 Å². The third-order valence-electron chi connectivity index (χ3n) is 5.25. The van der Waals surface area contributed by atoms with Gasteiger partial charge in [-0.15, -0.1) is 0 Å². The van der Waals surface area contributed by atoms with Gasteiger partial charge in [-0.3, -0.25) is 9.59 Å². The van der Waals surface area contributed by atoms with Gasteiger partial charge in [-0.05, 0) is 47.9 Å². The summed E-state index contributed by atoms with van der Waals surface area (Å²) in [6, 6.07) is 21.9. The standard InChI is InChI=1S/C25H22N2O5S2/c1-32-23(28)16-27-21-13-12-20(34(2,30)31)15-22(21)33-25(27)26-24(29)19-10-8-18(9-11-19)14-17-6-4-3-5-7-17/h3-13,15H,14,16H2,1-2H3. The summed E-state index contributed by atoms with van der Waals surface area (Å²) in [5, 5.41) is 0. The molecular weight excluding hydrogens is 472 g/mol. The number of fused-ring (bicyclic) bond motifs is 1. The minimum Gasteiger partial charge on any atom is -0.468 e. The van der Waals surface area contributed by atoms with Crippen molar-refractivity contribution in [1.29, 1.82) is 0 Å². The summed E-state index contributed by atoms with van der Waals surface area (Å²) in [7, 11) is -2.13. The molecular formula is C25H22N2O5S2. The fourth-order valence-corrected chi connectivity index (χ4v) is 5.25. The SMILES string of the molecule is COC(=O)Cn1c(=NC(=O)c2ccc(Cc3ccccc3)cc2)sc2cc(S(C)(=O)=O)ccc21. The Kier molecular flexibility index (Phi) is 6.76. The number of benzene rings is 3. The molecule has 0 unspecified atom stereocenters. The molecule has 0 aliphatic heterocycles. The lowest BCUT2D eigenvalue weighted by molar-refractivity contribution is -0.141. The highest BCUT2D eigenvalue weighted by atomic mass is 32.2. The lowest BCUT2D eigenvalue weighted by Gasteiger charge is -2.05. The van der Waals surface area contributed by atoms with Crippen LogP contribution in [0.15, 0.2) is 82.7 Å². The summed E-state index contributed by atoms with van der Waals surface area (Å²) in [5.74, 6) is -0.967. The van der Waals surface area contributed by atoms with E-state index >= 15 is 0 Å². The monoisotopic (exact) mass is 494 g/mol. The minimum atomic E-state index is -3.41. The van der Waals surface area contributed by atoms with Crippen molar-refractivity contribution in [2.24, 2.45) is 4.99 Å². The van der Waals surface area contributed by atoms with Gasteiger partial charge in [0.05, 0.1) is 22.2 Å². The zero-order chi connectivity index (χ0) is 24.3. The van der Waals surface area contributed by atoms with Crippen molar-refractivity contribution in [2.75, 3.05) is 13.4 Å². The number of rotatable bonds is 6. The van der Waals surface area contributed by atoms with Crippen LogP contribution in [0.25, 0.3) is 10.2 Å². The summed E-state index contributed by atoms with van der Waals surface area (Å²) >= 11 is 1.14. The first-order chi connectivity index (χ1) is 16.2. The number of methoxy groups -OCH3 is 1.